The molecule has 2 rings (SSSR count). The van der Waals surface area contributed by atoms with Crippen LogP contribution in [0.4, 0.5) is 0 Å². The summed E-state index contributed by atoms with van der Waals surface area (Å²) in [5.41, 5.74) is 0.582. The third kappa shape index (κ3) is 1.22. The third-order valence-corrected chi connectivity index (χ3v) is 1.69. The second-order valence-electron chi connectivity index (χ2n) is 2.53. The van der Waals surface area contributed by atoms with E-state index in [0.29, 0.717) is 5.69 Å². The minimum atomic E-state index is -0.594. The largest absolute Gasteiger partial charge is 0.492 e. The van der Waals surface area contributed by atoms with Gasteiger partial charge in [-0.15, -0.1) is 0 Å². The molecule has 0 atom stereocenters. The Hall–Kier alpha value is -1.97. The van der Waals surface area contributed by atoms with Gasteiger partial charge >= 0.3 is 5.76 Å². The second kappa shape index (κ2) is 2.82. The van der Waals surface area contributed by atoms with Crippen molar-refractivity contribution in [3.05, 3.63) is 47.1 Å². The lowest BCUT2D eigenvalue weighted by Gasteiger charge is -1.99. The summed E-state index contributed by atoms with van der Waals surface area (Å²) >= 11 is 0. The van der Waals surface area contributed by atoms with Gasteiger partial charge in [-0.05, 0) is 12.1 Å². The van der Waals surface area contributed by atoms with Gasteiger partial charge in [-0.3, -0.25) is 0 Å². The molecule has 0 bridgehead atoms. The van der Waals surface area contributed by atoms with Crippen LogP contribution < -0.4 is 5.76 Å². The first-order valence-corrected chi connectivity index (χ1v) is 3.74. The summed E-state index contributed by atoms with van der Waals surface area (Å²) in [6, 6.07) is 8.78. The molecule has 1 heterocycles. The van der Waals surface area contributed by atoms with Crippen LogP contribution in [0.25, 0.3) is 5.69 Å². The van der Waals surface area contributed by atoms with Gasteiger partial charge in [-0.2, -0.15) is 0 Å². The summed E-state index contributed by atoms with van der Waals surface area (Å²) < 4.78 is 5.59. The fraction of sp³-hybridized carbons (Fsp3) is 0. The molecule has 0 aliphatic heterocycles. The van der Waals surface area contributed by atoms with Crippen molar-refractivity contribution in [3.8, 4) is 11.6 Å². The first-order valence-electron chi connectivity index (χ1n) is 3.74. The van der Waals surface area contributed by atoms with Crippen molar-refractivity contribution in [2.45, 2.75) is 0 Å². The van der Waals surface area contributed by atoms with E-state index in [9.17, 15) is 9.90 Å². The number of benzene rings is 1. The lowest BCUT2D eigenvalue weighted by Crippen LogP contribution is -2.10. The van der Waals surface area contributed by atoms with Gasteiger partial charge in [-0.25, -0.2) is 9.36 Å². The summed E-state index contributed by atoms with van der Waals surface area (Å²) in [6.45, 7) is 0. The molecule has 0 aliphatic rings. The number of aromatic nitrogens is 1. The fourth-order valence-corrected chi connectivity index (χ4v) is 1.12. The Kier molecular flexibility index (Phi) is 1.66. The van der Waals surface area contributed by atoms with Gasteiger partial charge in [0.15, 0.2) is 6.26 Å². The van der Waals surface area contributed by atoms with E-state index in [1.54, 1.807) is 24.3 Å². The maximum atomic E-state index is 11.1. The van der Waals surface area contributed by atoms with Crippen LogP contribution in [-0.2, 0) is 0 Å². The third-order valence-electron chi connectivity index (χ3n) is 1.69. The first kappa shape index (κ1) is 7.67. The smallest absolute Gasteiger partial charge is 0.426 e. The molecule has 0 amide bonds. The Labute approximate surface area is 73.7 Å². The standard InChI is InChI=1S/C9H7NO3/c11-8-6-13-9(12)10(8)7-4-2-1-3-5-7/h1-6,11H. The highest BCUT2D eigenvalue weighted by Gasteiger charge is 2.07. The number of oxazole rings is 1. The average molecular weight is 177 g/mol. The molecule has 4 nitrogen and oxygen atoms in total. The van der Waals surface area contributed by atoms with Gasteiger partial charge in [0, 0.05) is 0 Å². The SMILES string of the molecule is O=c1occ(O)n1-c1ccccc1. The highest BCUT2D eigenvalue weighted by Crippen LogP contribution is 2.12. The maximum Gasteiger partial charge on any atom is 0.426 e. The van der Waals surface area contributed by atoms with E-state index in [1.807, 2.05) is 6.07 Å². The van der Waals surface area contributed by atoms with Crippen LogP contribution in [0.15, 0.2) is 45.8 Å². The number of hydrogen-bond acceptors (Lipinski definition) is 3. The summed E-state index contributed by atoms with van der Waals surface area (Å²) in [5.74, 6) is -0.792. The Morgan fingerprint density at radius 1 is 1.23 bits per heavy atom. The van der Waals surface area contributed by atoms with E-state index in [1.165, 1.54) is 0 Å². The topological polar surface area (TPSA) is 55.4 Å². The molecule has 0 saturated heterocycles. The van der Waals surface area contributed by atoms with Crippen molar-refractivity contribution in [3.63, 3.8) is 0 Å². The molecule has 0 radical (unpaired) electrons. The Balaban J connectivity index is 2.65. The Bertz CT molecular complexity index is 455. The van der Waals surface area contributed by atoms with E-state index < -0.39 is 5.76 Å². The van der Waals surface area contributed by atoms with Crippen LogP contribution >= 0.6 is 0 Å². The molecule has 66 valence electrons. The van der Waals surface area contributed by atoms with E-state index in [0.717, 1.165) is 10.8 Å². The summed E-state index contributed by atoms with van der Waals surface area (Å²) in [7, 11) is 0. The molecule has 0 unspecified atom stereocenters. The monoisotopic (exact) mass is 177 g/mol. The van der Waals surface area contributed by atoms with Crippen LogP contribution in [0.3, 0.4) is 0 Å². The van der Waals surface area contributed by atoms with Gasteiger partial charge in [0.1, 0.15) is 0 Å². The molecule has 1 aromatic carbocycles. The zero-order valence-corrected chi connectivity index (χ0v) is 6.68. The van der Waals surface area contributed by atoms with Crippen molar-refractivity contribution in [1.82, 2.24) is 4.57 Å². The lowest BCUT2D eigenvalue weighted by molar-refractivity contribution is 0.438. The molecule has 0 fully saturated rings. The molecule has 0 aliphatic carbocycles. The van der Waals surface area contributed by atoms with Crippen molar-refractivity contribution in [2.24, 2.45) is 0 Å². The molecule has 13 heavy (non-hydrogen) atoms. The molecule has 0 saturated carbocycles. The molecule has 2 aromatic rings. The predicted molar refractivity (Wildman–Crippen MR) is 46.0 cm³/mol. The van der Waals surface area contributed by atoms with Crippen molar-refractivity contribution < 1.29 is 9.52 Å². The van der Waals surface area contributed by atoms with Gasteiger partial charge < -0.3 is 9.52 Å². The number of hydrogen-bond donors (Lipinski definition) is 1. The van der Waals surface area contributed by atoms with E-state index in [4.69, 9.17) is 0 Å². The van der Waals surface area contributed by atoms with Crippen molar-refractivity contribution in [1.29, 1.82) is 0 Å². The molecule has 0 spiro atoms. The van der Waals surface area contributed by atoms with E-state index in [2.05, 4.69) is 4.42 Å². The minimum Gasteiger partial charge on any atom is -0.492 e. The zero-order chi connectivity index (χ0) is 9.26. The van der Waals surface area contributed by atoms with Crippen LogP contribution in [0, 0.1) is 0 Å². The van der Waals surface area contributed by atoms with Gasteiger partial charge in [0.25, 0.3) is 0 Å². The highest BCUT2D eigenvalue weighted by atomic mass is 16.4. The minimum absolute atomic E-state index is 0.198. The van der Waals surface area contributed by atoms with Crippen molar-refractivity contribution >= 4 is 0 Å². The number of aromatic hydroxyl groups is 1. The first-order chi connectivity index (χ1) is 6.29. The molecular weight excluding hydrogens is 170 g/mol. The highest BCUT2D eigenvalue weighted by molar-refractivity contribution is 5.33. The lowest BCUT2D eigenvalue weighted by atomic mass is 10.3. The number of nitrogens with zero attached hydrogens (tertiary/aromatic N) is 1. The van der Waals surface area contributed by atoms with Crippen LogP contribution in [0.5, 0.6) is 5.88 Å². The number of para-hydroxylation sites is 1. The quantitative estimate of drug-likeness (QED) is 0.710. The number of rotatable bonds is 1. The Morgan fingerprint density at radius 3 is 2.46 bits per heavy atom. The maximum absolute atomic E-state index is 11.1. The summed E-state index contributed by atoms with van der Waals surface area (Å²) in [5, 5.41) is 9.25. The predicted octanol–water partition coefficient (Wildman–Crippen LogP) is 1.14. The fourth-order valence-electron chi connectivity index (χ4n) is 1.12. The van der Waals surface area contributed by atoms with Crippen LogP contribution in [0.2, 0.25) is 0 Å². The van der Waals surface area contributed by atoms with Gasteiger partial charge in [0.2, 0.25) is 5.88 Å². The molecule has 4 heteroatoms. The van der Waals surface area contributed by atoms with E-state index in [-0.39, 0.29) is 5.88 Å². The average Bonchev–Trinajstić information content (AvgIpc) is 2.48. The second-order valence-corrected chi connectivity index (χ2v) is 2.53. The normalized spacial score (nSPS) is 10.2. The van der Waals surface area contributed by atoms with Crippen LogP contribution in [0.1, 0.15) is 0 Å². The summed E-state index contributed by atoms with van der Waals surface area (Å²) in [6.07, 6.45) is 1.01. The summed E-state index contributed by atoms with van der Waals surface area (Å²) in [4.78, 5) is 11.1. The van der Waals surface area contributed by atoms with Gasteiger partial charge in [-0.1, -0.05) is 18.2 Å². The molecule has 1 aromatic heterocycles. The zero-order valence-electron chi connectivity index (χ0n) is 6.68. The van der Waals surface area contributed by atoms with Gasteiger partial charge in [0.05, 0.1) is 5.69 Å². The Morgan fingerprint density at radius 2 is 1.92 bits per heavy atom. The molecule has 1 N–H and O–H groups in total. The molecular formula is C9H7NO3. The van der Waals surface area contributed by atoms with Crippen LogP contribution in [-0.4, -0.2) is 9.67 Å². The van der Waals surface area contributed by atoms with Crippen molar-refractivity contribution in [2.75, 3.05) is 0 Å². The van der Waals surface area contributed by atoms with E-state index >= 15 is 0 Å².